The Morgan fingerprint density at radius 2 is 1.96 bits per heavy atom. The quantitative estimate of drug-likeness (QED) is 0.585. The van der Waals surface area contributed by atoms with E-state index in [2.05, 4.69) is 10.3 Å². The van der Waals surface area contributed by atoms with E-state index in [-0.39, 0.29) is 6.61 Å². The van der Waals surface area contributed by atoms with Gasteiger partial charge in [0.25, 0.3) is 0 Å². The van der Waals surface area contributed by atoms with Gasteiger partial charge in [0, 0.05) is 17.3 Å². The summed E-state index contributed by atoms with van der Waals surface area (Å²) in [7, 11) is 1.58. The maximum absolute atomic E-state index is 12.4. The molecular formula is C19H16Cl2N2O3. The number of methoxy groups -OCH3 is 1. The zero-order valence-electron chi connectivity index (χ0n) is 14.2. The van der Waals surface area contributed by atoms with Crippen molar-refractivity contribution in [2.75, 3.05) is 19.0 Å². The molecule has 0 aliphatic carbocycles. The first-order chi connectivity index (χ1) is 12.5. The average molecular weight is 391 g/mol. The molecular weight excluding hydrogens is 375 g/mol. The standard InChI is InChI=1S/C19H16Cl2N2O3/c1-3-26-19(24)14-10-22-17-7-5-12(25-2)9-13(17)18(14)23-11-4-6-15(20)16(21)8-11/h4-10H,3H2,1-2H3,(H,22,23). The van der Waals surface area contributed by atoms with Crippen molar-refractivity contribution in [2.24, 2.45) is 0 Å². The lowest BCUT2D eigenvalue weighted by Gasteiger charge is -2.15. The zero-order chi connectivity index (χ0) is 18.7. The van der Waals surface area contributed by atoms with Gasteiger partial charge in [0.15, 0.2) is 0 Å². The molecule has 0 amide bonds. The van der Waals surface area contributed by atoms with E-state index in [1.54, 1.807) is 32.2 Å². The van der Waals surface area contributed by atoms with Gasteiger partial charge in [-0.3, -0.25) is 4.98 Å². The number of esters is 1. The maximum atomic E-state index is 12.4. The third-order valence-corrected chi connectivity index (χ3v) is 4.50. The van der Waals surface area contributed by atoms with Gasteiger partial charge in [0.2, 0.25) is 0 Å². The van der Waals surface area contributed by atoms with Crippen molar-refractivity contribution in [1.82, 2.24) is 4.98 Å². The molecule has 134 valence electrons. The topological polar surface area (TPSA) is 60.5 Å². The Morgan fingerprint density at radius 1 is 1.15 bits per heavy atom. The molecule has 0 saturated carbocycles. The highest BCUT2D eigenvalue weighted by Gasteiger charge is 2.18. The second-order valence-electron chi connectivity index (χ2n) is 5.40. The number of benzene rings is 2. The van der Waals surface area contributed by atoms with Crippen LogP contribution in [0.1, 0.15) is 17.3 Å². The number of aromatic nitrogens is 1. The molecule has 5 nitrogen and oxygen atoms in total. The second-order valence-corrected chi connectivity index (χ2v) is 6.22. The summed E-state index contributed by atoms with van der Waals surface area (Å²) in [6, 6.07) is 10.6. The number of anilines is 2. The Labute approximate surface area is 160 Å². The average Bonchev–Trinajstić information content (AvgIpc) is 2.64. The van der Waals surface area contributed by atoms with Crippen molar-refractivity contribution in [1.29, 1.82) is 0 Å². The van der Waals surface area contributed by atoms with Crippen LogP contribution in [0.15, 0.2) is 42.6 Å². The first kappa shape index (κ1) is 18.3. The number of ether oxygens (including phenoxy) is 2. The molecule has 0 bridgehead atoms. The molecule has 0 unspecified atom stereocenters. The monoisotopic (exact) mass is 390 g/mol. The Kier molecular flexibility index (Phi) is 5.49. The van der Waals surface area contributed by atoms with E-state index in [1.807, 2.05) is 18.2 Å². The summed E-state index contributed by atoms with van der Waals surface area (Å²) in [4.78, 5) is 16.7. The van der Waals surface area contributed by atoms with Crippen molar-refractivity contribution >= 4 is 51.4 Å². The number of carbonyl (C=O) groups excluding carboxylic acids is 1. The van der Waals surface area contributed by atoms with Gasteiger partial charge in [-0.05, 0) is 43.3 Å². The Hall–Kier alpha value is -2.50. The molecule has 0 aliphatic heterocycles. The number of halogens is 2. The largest absolute Gasteiger partial charge is 0.497 e. The van der Waals surface area contributed by atoms with Gasteiger partial charge in [-0.1, -0.05) is 23.2 Å². The van der Waals surface area contributed by atoms with Crippen LogP contribution in [0.3, 0.4) is 0 Å². The summed E-state index contributed by atoms with van der Waals surface area (Å²) in [6.45, 7) is 2.02. The molecule has 0 spiro atoms. The van der Waals surface area contributed by atoms with Crippen molar-refractivity contribution in [3.8, 4) is 5.75 Å². The fourth-order valence-corrected chi connectivity index (χ4v) is 2.81. The number of nitrogens with one attached hydrogen (secondary N) is 1. The highest BCUT2D eigenvalue weighted by Crippen LogP contribution is 2.34. The predicted molar refractivity (Wildman–Crippen MR) is 104 cm³/mol. The summed E-state index contributed by atoms with van der Waals surface area (Å²) in [6.07, 6.45) is 1.49. The van der Waals surface area contributed by atoms with Crippen LogP contribution in [0.5, 0.6) is 5.75 Å². The van der Waals surface area contributed by atoms with Crippen LogP contribution in [0.25, 0.3) is 10.9 Å². The fourth-order valence-electron chi connectivity index (χ4n) is 2.52. The molecule has 0 fully saturated rings. The number of hydrogen-bond acceptors (Lipinski definition) is 5. The molecule has 3 aromatic rings. The van der Waals surface area contributed by atoms with Gasteiger partial charge < -0.3 is 14.8 Å². The van der Waals surface area contributed by atoms with Crippen LogP contribution in [0.2, 0.25) is 10.0 Å². The normalized spacial score (nSPS) is 10.6. The van der Waals surface area contributed by atoms with Crippen molar-refractivity contribution in [3.63, 3.8) is 0 Å². The SMILES string of the molecule is CCOC(=O)c1cnc2ccc(OC)cc2c1Nc1ccc(Cl)c(Cl)c1. The minimum atomic E-state index is -0.465. The summed E-state index contributed by atoms with van der Waals surface area (Å²) < 4.78 is 10.5. The van der Waals surface area contributed by atoms with Crippen LogP contribution in [0.4, 0.5) is 11.4 Å². The van der Waals surface area contributed by atoms with Crippen LogP contribution in [0, 0.1) is 0 Å². The molecule has 1 heterocycles. The van der Waals surface area contributed by atoms with Gasteiger partial charge >= 0.3 is 5.97 Å². The molecule has 1 N–H and O–H groups in total. The van der Waals surface area contributed by atoms with Gasteiger partial charge in [0.05, 0.1) is 35.0 Å². The minimum Gasteiger partial charge on any atom is -0.497 e. The number of nitrogens with zero attached hydrogens (tertiary/aromatic N) is 1. The first-order valence-corrected chi connectivity index (χ1v) is 8.65. The smallest absolute Gasteiger partial charge is 0.341 e. The van der Waals surface area contributed by atoms with Gasteiger partial charge in [-0.25, -0.2) is 4.79 Å². The minimum absolute atomic E-state index is 0.265. The molecule has 2 aromatic carbocycles. The molecule has 0 radical (unpaired) electrons. The Balaban J connectivity index is 2.18. The molecule has 26 heavy (non-hydrogen) atoms. The third-order valence-electron chi connectivity index (χ3n) is 3.76. The van der Waals surface area contributed by atoms with Crippen LogP contribution >= 0.6 is 23.2 Å². The predicted octanol–water partition coefficient (Wildman–Crippen LogP) is 5.47. The van der Waals surface area contributed by atoms with Crippen molar-refractivity contribution in [2.45, 2.75) is 6.92 Å². The zero-order valence-corrected chi connectivity index (χ0v) is 15.7. The van der Waals surface area contributed by atoms with E-state index in [9.17, 15) is 4.79 Å². The van der Waals surface area contributed by atoms with Crippen molar-refractivity contribution < 1.29 is 14.3 Å². The lowest BCUT2D eigenvalue weighted by molar-refractivity contribution is 0.0527. The molecule has 1 aromatic heterocycles. The molecule has 7 heteroatoms. The van der Waals surface area contributed by atoms with Crippen LogP contribution in [-0.2, 0) is 4.74 Å². The van der Waals surface area contributed by atoms with Gasteiger partial charge in [0.1, 0.15) is 11.3 Å². The van der Waals surface area contributed by atoms with E-state index in [0.29, 0.717) is 38.2 Å². The highest BCUT2D eigenvalue weighted by molar-refractivity contribution is 6.42. The van der Waals surface area contributed by atoms with E-state index in [4.69, 9.17) is 32.7 Å². The number of fused-ring (bicyclic) bond motifs is 1. The number of rotatable bonds is 5. The lowest BCUT2D eigenvalue weighted by Crippen LogP contribution is -2.09. The maximum Gasteiger partial charge on any atom is 0.341 e. The van der Waals surface area contributed by atoms with Crippen LogP contribution in [-0.4, -0.2) is 24.7 Å². The van der Waals surface area contributed by atoms with E-state index in [0.717, 1.165) is 5.39 Å². The second kappa shape index (κ2) is 7.81. The number of carbonyl (C=O) groups is 1. The first-order valence-electron chi connectivity index (χ1n) is 7.89. The molecule has 0 aliphatic rings. The summed E-state index contributed by atoms with van der Waals surface area (Å²) in [5, 5.41) is 4.81. The number of hydrogen-bond donors (Lipinski definition) is 1. The fraction of sp³-hybridized carbons (Fsp3) is 0.158. The summed E-state index contributed by atoms with van der Waals surface area (Å²) in [5.41, 5.74) is 2.27. The molecule has 0 saturated heterocycles. The van der Waals surface area contributed by atoms with E-state index in [1.165, 1.54) is 6.20 Å². The van der Waals surface area contributed by atoms with E-state index < -0.39 is 5.97 Å². The summed E-state index contributed by atoms with van der Waals surface area (Å²) >= 11 is 12.1. The molecule has 3 rings (SSSR count). The van der Waals surface area contributed by atoms with Crippen LogP contribution < -0.4 is 10.1 Å². The van der Waals surface area contributed by atoms with E-state index >= 15 is 0 Å². The summed E-state index contributed by atoms with van der Waals surface area (Å²) in [5.74, 6) is 0.185. The van der Waals surface area contributed by atoms with Crippen molar-refractivity contribution in [3.05, 3.63) is 58.2 Å². The number of pyridine rings is 1. The highest BCUT2D eigenvalue weighted by atomic mass is 35.5. The van der Waals surface area contributed by atoms with Gasteiger partial charge in [-0.15, -0.1) is 0 Å². The Bertz CT molecular complexity index is 976. The Morgan fingerprint density at radius 3 is 2.65 bits per heavy atom. The lowest BCUT2D eigenvalue weighted by atomic mass is 10.1. The molecule has 0 atom stereocenters. The van der Waals surface area contributed by atoms with Gasteiger partial charge in [-0.2, -0.15) is 0 Å². The third kappa shape index (κ3) is 3.69.